The van der Waals surface area contributed by atoms with Crippen LogP contribution >= 0.6 is 27.3 Å². The number of halogens is 2. The first kappa shape index (κ1) is 16.9. The summed E-state index contributed by atoms with van der Waals surface area (Å²) >= 11 is 4.94. The second kappa shape index (κ2) is 7.38. The molecular weight excluding hydrogens is 419 g/mol. The van der Waals surface area contributed by atoms with Crippen molar-refractivity contribution in [2.45, 2.75) is 13.1 Å². The molecule has 1 N–H and O–H groups in total. The fourth-order valence-corrected chi connectivity index (χ4v) is 3.62. The van der Waals surface area contributed by atoms with E-state index in [0.29, 0.717) is 18.8 Å². The van der Waals surface area contributed by atoms with Gasteiger partial charge in [-0.3, -0.25) is 4.68 Å². The van der Waals surface area contributed by atoms with Crippen molar-refractivity contribution in [2.24, 2.45) is 0 Å². The number of rotatable bonds is 6. The number of benzene rings is 1. The van der Waals surface area contributed by atoms with Crippen molar-refractivity contribution in [3.8, 4) is 5.69 Å². The van der Waals surface area contributed by atoms with E-state index in [2.05, 4.69) is 36.3 Å². The van der Waals surface area contributed by atoms with Gasteiger partial charge in [0.1, 0.15) is 5.82 Å². The lowest BCUT2D eigenvalue weighted by Crippen LogP contribution is -2.01. The predicted molar refractivity (Wildman–Crippen MR) is 102 cm³/mol. The van der Waals surface area contributed by atoms with Crippen LogP contribution in [0.1, 0.15) is 10.4 Å². The summed E-state index contributed by atoms with van der Waals surface area (Å²) in [5.74, 6) is -0.286. The molecule has 0 radical (unpaired) electrons. The third-order valence-corrected chi connectivity index (χ3v) is 5.06. The van der Waals surface area contributed by atoms with E-state index in [0.717, 1.165) is 20.0 Å². The van der Waals surface area contributed by atoms with Crippen molar-refractivity contribution in [3.05, 3.63) is 76.2 Å². The second-order valence-electron chi connectivity index (χ2n) is 5.60. The van der Waals surface area contributed by atoms with Gasteiger partial charge in [-0.15, -0.1) is 11.3 Å². The largest absolute Gasteiger partial charge is 0.357 e. The molecule has 0 fully saturated rings. The maximum absolute atomic E-state index is 14.3. The molecule has 9 heteroatoms. The van der Waals surface area contributed by atoms with Gasteiger partial charge < -0.3 is 9.88 Å². The summed E-state index contributed by atoms with van der Waals surface area (Å²) in [4.78, 5) is 9.39. The van der Waals surface area contributed by atoms with E-state index < -0.39 is 0 Å². The molecule has 0 aliphatic heterocycles. The van der Waals surface area contributed by atoms with E-state index in [1.165, 1.54) is 6.07 Å². The zero-order valence-corrected chi connectivity index (χ0v) is 15.9. The maximum Gasteiger partial charge on any atom is 0.183 e. The first-order valence-electron chi connectivity index (χ1n) is 7.81. The van der Waals surface area contributed by atoms with Crippen LogP contribution in [0, 0.1) is 5.82 Å². The highest BCUT2D eigenvalue weighted by Crippen LogP contribution is 2.21. The fourth-order valence-electron chi connectivity index (χ4n) is 2.50. The molecule has 132 valence electrons. The number of anilines is 1. The average molecular weight is 433 g/mol. The Bertz CT molecular complexity index is 1010. The van der Waals surface area contributed by atoms with Crippen LogP contribution in [-0.4, -0.2) is 24.3 Å². The molecule has 0 aliphatic carbocycles. The summed E-state index contributed by atoms with van der Waals surface area (Å²) < 4.78 is 18.7. The number of hydrogen-bond acceptors (Lipinski definition) is 5. The Labute approximate surface area is 161 Å². The third-order valence-electron chi connectivity index (χ3n) is 3.71. The lowest BCUT2D eigenvalue weighted by Gasteiger charge is -2.07. The Hall–Kier alpha value is -2.52. The summed E-state index contributed by atoms with van der Waals surface area (Å²) in [7, 11) is 0. The topological polar surface area (TPSA) is 60.6 Å². The highest BCUT2D eigenvalue weighted by molar-refractivity contribution is 9.10. The van der Waals surface area contributed by atoms with Gasteiger partial charge in [-0.25, -0.2) is 14.4 Å². The van der Waals surface area contributed by atoms with E-state index in [9.17, 15) is 4.39 Å². The van der Waals surface area contributed by atoms with Crippen LogP contribution in [0.3, 0.4) is 0 Å². The zero-order chi connectivity index (χ0) is 17.9. The van der Waals surface area contributed by atoms with Gasteiger partial charge in [0.15, 0.2) is 5.13 Å². The molecule has 26 heavy (non-hydrogen) atoms. The van der Waals surface area contributed by atoms with E-state index in [1.807, 2.05) is 23.1 Å². The molecule has 4 aromatic rings. The SMILES string of the molecule is Fc1cc(CNc2ncc(Cn3cc(Br)cn3)s2)ccc1-n1ccnc1. The summed E-state index contributed by atoms with van der Waals surface area (Å²) in [6, 6.07) is 5.16. The Morgan fingerprint density at radius 1 is 1.27 bits per heavy atom. The molecule has 0 bridgehead atoms. The minimum absolute atomic E-state index is 0.286. The molecule has 0 aliphatic rings. The van der Waals surface area contributed by atoms with Crippen molar-refractivity contribution in [1.29, 1.82) is 0 Å². The van der Waals surface area contributed by atoms with Gasteiger partial charge in [0.05, 0.1) is 29.2 Å². The number of hydrogen-bond donors (Lipinski definition) is 1. The molecule has 0 atom stereocenters. The Kier molecular flexibility index (Phi) is 4.81. The average Bonchev–Trinajstić information content (AvgIpc) is 3.36. The molecule has 0 spiro atoms. The van der Waals surface area contributed by atoms with Gasteiger partial charge in [0.2, 0.25) is 0 Å². The van der Waals surface area contributed by atoms with E-state index in [-0.39, 0.29) is 5.82 Å². The summed E-state index contributed by atoms with van der Waals surface area (Å²) in [5.41, 5.74) is 1.33. The maximum atomic E-state index is 14.3. The van der Waals surface area contributed by atoms with Gasteiger partial charge in [-0.1, -0.05) is 6.07 Å². The minimum atomic E-state index is -0.286. The van der Waals surface area contributed by atoms with Gasteiger partial charge in [-0.05, 0) is 33.6 Å². The Morgan fingerprint density at radius 3 is 2.92 bits per heavy atom. The molecule has 3 heterocycles. The monoisotopic (exact) mass is 432 g/mol. The predicted octanol–water partition coefficient (Wildman–Crippen LogP) is 4.09. The van der Waals surface area contributed by atoms with E-state index in [4.69, 9.17) is 0 Å². The highest BCUT2D eigenvalue weighted by atomic mass is 79.9. The van der Waals surface area contributed by atoms with Gasteiger partial charge in [0, 0.05) is 36.2 Å². The van der Waals surface area contributed by atoms with Crippen LogP contribution in [0.5, 0.6) is 0 Å². The molecular formula is C17H14BrFN6S. The molecule has 0 saturated heterocycles. The number of thiazole rings is 1. The first-order chi connectivity index (χ1) is 12.7. The van der Waals surface area contributed by atoms with Gasteiger partial charge in [0.25, 0.3) is 0 Å². The summed E-state index contributed by atoms with van der Waals surface area (Å²) in [6.07, 6.45) is 10.4. The van der Waals surface area contributed by atoms with Crippen LogP contribution in [0.25, 0.3) is 5.69 Å². The molecule has 0 saturated carbocycles. The Morgan fingerprint density at radius 2 is 2.19 bits per heavy atom. The van der Waals surface area contributed by atoms with Crippen LogP contribution < -0.4 is 5.32 Å². The number of aromatic nitrogens is 5. The number of nitrogens with zero attached hydrogens (tertiary/aromatic N) is 5. The second-order valence-corrected chi connectivity index (χ2v) is 7.63. The van der Waals surface area contributed by atoms with E-state index >= 15 is 0 Å². The van der Waals surface area contributed by atoms with Crippen molar-refractivity contribution in [3.63, 3.8) is 0 Å². The smallest absolute Gasteiger partial charge is 0.183 e. The Balaban J connectivity index is 1.39. The minimum Gasteiger partial charge on any atom is -0.357 e. The highest BCUT2D eigenvalue weighted by Gasteiger charge is 2.07. The van der Waals surface area contributed by atoms with Crippen molar-refractivity contribution in [2.75, 3.05) is 5.32 Å². The van der Waals surface area contributed by atoms with Crippen LogP contribution in [-0.2, 0) is 13.1 Å². The molecule has 1 aromatic carbocycles. The van der Waals surface area contributed by atoms with Crippen LogP contribution in [0.2, 0.25) is 0 Å². The number of imidazole rings is 1. The van der Waals surface area contributed by atoms with E-state index in [1.54, 1.807) is 46.9 Å². The normalized spacial score (nSPS) is 11.0. The summed E-state index contributed by atoms with van der Waals surface area (Å²) in [6.45, 7) is 1.17. The molecule has 6 nitrogen and oxygen atoms in total. The van der Waals surface area contributed by atoms with Crippen molar-refractivity contribution >= 4 is 32.4 Å². The molecule has 0 unspecified atom stereocenters. The standard InChI is InChI=1S/C17H14BrFN6S/c18-13-7-23-25(9-13)10-14-8-22-17(26-14)21-6-12-1-2-16(15(19)5-12)24-4-3-20-11-24/h1-5,7-9,11H,6,10H2,(H,21,22). The van der Waals surface area contributed by atoms with Gasteiger partial charge >= 0.3 is 0 Å². The summed E-state index contributed by atoms with van der Waals surface area (Å²) in [5, 5.41) is 8.27. The molecule has 4 rings (SSSR count). The van der Waals surface area contributed by atoms with Gasteiger partial charge in [-0.2, -0.15) is 5.10 Å². The lowest BCUT2D eigenvalue weighted by atomic mass is 10.2. The quantitative estimate of drug-likeness (QED) is 0.498. The van der Waals surface area contributed by atoms with Crippen LogP contribution in [0.15, 0.2) is 60.0 Å². The molecule has 0 amide bonds. The number of nitrogens with one attached hydrogen (secondary N) is 1. The third kappa shape index (κ3) is 3.83. The first-order valence-corrected chi connectivity index (χ1v) is 9.41. The molecule has 3 aromatic heterocycles. The van der Waals surface area contributed by atoms with Crippen molar-refractivity contribution in [1.82, 2.24) is 24.3 Å². The zero-order valence-electron chi connectivity index (χ0n) is 13.5. The fraction of sp³-hybridized carbons (Fsp3) is 0.118. The van der Waals surface area contributed by atoms with Crippen molar-refractivity contribution < 1.29 is 4.39 Å². The lowest BCUT2D eigenvalue weighted by molar-refractivity contribution is 0.616. The van der Waals surface area contributed by atoms with Crippen LogP contribution in [0.4, 0.5) is 9.52 Å².